The van der Waals surface area contributed by atoms with Gasteiger partial charge in [0.1, 0.15) is 5.41 Å². The molecule has 3 aliphatic rings. The van der Waals surface area contributed by atoms with Gasteiger partial charge in [-0.15, -0.1) is 0 Å². The number of urea groups is 1. The molecule has 1 saturated heterocycles. The Morgan fingerprint density at radius 3 is 2.60 bits per heavy atom. The van der Waals surface area contributed by atoms with Crippen molar-refractivity contribution < 1.29 is 19.4 Å². The second-order valence-electron chi connectivity index (χ2n) is 6.75. The first-order chi connectivity index (χ1) is 9.46. The summed E-state index contributed by atoms with van der Waals surface area (Å²) in [5.74, 6) is -0.140. The number of carboxylic acid groups (broad SMARTS) is 1. The molecule has 3 rings (SSSR count). The van der Waals surface area contributed by atoms with Crippen LogP contribution in [-0.4, -0.2) is 42.9 Å². The molecule has 0 spiro atoms. The van der Waals surface area contributed by atoms with Crippen LogP contribution in [0.1, 0.15) is 32.6 Å². The number of nitrogens with one attached hydrogen (secondary N) is 2. The van der Waals surface area contributed by atoms with E-state index in [4.69, 9.17) is 4.74 Å². The van der Waals surface area contributed by atoms with Gasteiger partial charge in [-0.1, -0.05) is 0 Å². The maximum atomic E-state index is 12.0. The first kappa shape index (κ1) is 13.7. The van der Waals surface area contributed by atoms with E-state index in [1.54, 1.807) is 6.92 Å². The average Bonchev–Trinajstić information content (AvgIpc) is 3.28. The van der Waals surface area contributed by atoms with Gasteiger partial charge in [0.15, 0.2) is 0 Å². The molecule has 0 aromatic rings. The molecule has 0 radical (unpaired) electrons. The van der Waals surface area contributed by atoms with E-state index < -0.39 is 17.4 Å². The number of hydrogen-bond donors (Lipinski definition) is 3. The minimum Gasteiger partial charge on any atom is -0.481 e. The summed E-state index contributed by atoms with van der Waals surface area (Å²) >= 11 is 0. The lowest BCUT2D eigenvalue weighted by Crippen LogP contribution is -2.53. The van der Waals surface area contributed by atoms with E-state index in [2.05, 4.69) is 10.6 Å². The zero-order chi connectivity index (χ0) is 14.4. The molecule has 1 heterocycles. The van der Waals surface area contributed by atoms with Crippen LogP contribution in [0, 0.1) is 16.7 Å². The van der Waals surface area contributed by atoms with E-state index in [1.165, 1.54) is 25.7 Å². The number of carbonyl (C=O) groups excluding carboxylic acids is 1. The van der Waals surface area contributed by atoms with Gasteiger partial charge in [-0.05, 0) is 43.9 Å². The Labute approximate surface area is 118 Å². The standard InChI is InChI=1S/C14H22N2O4/c1-13(11(17)18)8-20-6-10(13)16-12(19)15-7-14(4-5-14)9-2-3-9/h9-10H,2-8H2,1H3,(H,17,18)(H2,15,16,19). The fourth-order valence-corrected chi connectivity index (χ4v) is 3.14. The highest BCUT2D eigenvalue weighted by atomic mass is 16.5. The van der Waals surface area contributed by atoms with Crippen LogP contribution in [0.3, 0.4) is 0 Å². The maximum Gasteiger partial charge on any atom is 0.315 e. The van der Waals surface area contributed by atoms with Crippen molar-refractivity contribution in [2.75, 3.05) is 19.8 Å². The largest absolute Gasteiger partial charge is 0.481 e. The van der Waals surface area contributed by atoms with Gasteiger partial charge in [0.25, 0.3) is 0 Å². The van der Waals surface area contributed by atoms with Crippen LogP contribution in [0.5, 0.6) is 0 Å². The minimum absolute atomic E-state index is 0.138. The third-order valence-corrected chi connectivity index (χ3v) is 5.19. The fourth-order valence-electron chi connectivity index (χ4n) is 3.14. The third-order valence-electron chi connectivity index (χ3n) is 5.19. The van der Waals surface area contributed by atoms with Gasteiger partial charge in [-0.25, -0.2) is 4.79 Å². The Morgan fingerprint density at radius 2 is 2.05 bits per heavy atom. The van der Waals surface area contributed by atoms with Crippen molar-refractivity contribution in [3.63, 3.8) is 0 Å². The highest BCUT2D eigenvalue weighted by Gasteiger charge is 2.53. The Bertz CT molecular complexity index is 431. The first-order valence-electron chi connectivity index (χ1n) is 7.32. The monoisotopic (exact) mass is 282 g/mol. The lowest BCUT2D eigenvalue weighted by molar-refractivity contribution is -0.148. The number of carbonyl (C=O) groups is 2. The van der Waals surface area contributed by atoms with Gasteiger partial charge in [0, 0.05) is 6.54 Å². The molecule has 3 N–H and O–H groups in total. The molecule has 6 nitrogen and oxygen atoms in total. The molecule has 0 bridgehead atoms. The predicted octanol–water partition coefficient (Wildman–Crippen LogP) is 0.965. The Kier molecular flexibility index (Phi) is 3.16. The van der Waals surface area contributed by atoms with Crippen LogP contribution in [-0.2, 0) is 9.53 Å². The number of aliphatic carboxylic acids is 1. The van der Waals surface area contributed by atoms with Crippen LogP contribution in [0.2, 0.25) is 0 Å². The topological polar surface area (TPSA) is 87.7 Å². The van der Waals surface area contributed by atoms with Crippen molar-refractivity contribution in [2.24, 2.45) is 16.7 Å². The third kappa shape index (κ3) is 2.37. The number of amides is 2. The second-order valence-corrected chi connectivity index (χ2v) is 6.75. The van der Waals surface area contributed by atoms with Crippen molar-refractivity contribution in [3.05, 3.63) is 0 Å². The van der Waals surface area contributed by atoms with Gasteiger partial charge < -0.3 is 20.5 Å². The molecule has 112 valence electrons. The first-order valence-corrected chi connectivity index (χ1v) is 7.32. The lowest BCUT2D eigenvalue weighted by atomic mass is 9.85. The quantitative estimate of drug-likeness (QED) is 0.701. The van der Waals surface area contributed by atoms with Crippen LogP contribution >= 0.6 is 0 Å². The molecule has 1 aliphatic heterocycles. The van der Waals surface area contributed by atoms with E-state index in [-0.39, 0.29) is 19.2 Å². The Morgan fingerprint density at radius 1 is 1.35 bits per heavy atom. The smallest absolute Gasteiger partial charge is 0.315 e. The average molecular weight is 282 g/mol. The maximum absolute atomic E-state index is 12.0. The van der Waals surface area contributed by atoms with Crippen molar-refractivity contribution in [3.8, 4) is 0 Å². The van der Waals surface area contributed by atoms with Crippen LogP contribution in [0.25, 0.3) is 0 Å². The molecule has 2 aliphatic carbocycles. The van der Waals surface area contributed by atoms with E-state index in [0.29, 0.717) is 12.0 Å². The number of ether oxygens (including phenoxy) is 1. The van der Waals surface area contributed by atoms with Crippen molar-refractivity contribution >= 4 is 12.0 Å². The van der Waals surface area contributed by atoms with E-state index in [1.807, 2.05) is 0 Å². The highest BCUT2D eigenvalue weighted by Crippen LogP contribution is 2.60. The van der Waals surface area contributed by atoms with E-state index >= 15 is 0 Å². The summed E-state index contributed by atoms with van der Waals surface area (Å²) in [6.07, 6.45) is 4.99. The van der Waals surface area contributed by atoms with Gasteiger partial charge in [0.05, 0.1) is 19.3 Å². The molecule has 20 heavy (non-hydrogen) atoms. The molecular weight excluding hydrogens is 260 g/mol. The molecule has 2 amide bonds. The fraction of sp³-hybridized carbons (Fsp3) is 0.857. The SMILES string of the molecule is CC1(C(=O)O)COCC1NC(=O)NCC1(C2CC2)CC1. The van der Waals surface area contributed by atoms with E-state index in [9.17, 15) is 14.7 Å². The number of carboxylic acids is 1. The van der Waals surface area contributed by atoms with E-state index in [0.717, 1.165) is 5.92 Å². The molecule has 6 heteroatoms. The highest BCUT2D eigenvalue weighted by molar-refractivity contribution is 5.79. The number of hydrogen-bond acceptors (Lipinski definition) is 3. The molecular formula is C14H22N2O4. The summed E-state index contributed by atoms with van der Waals surface area (Å²) in [7, 11) is 0. The van der Waals surface area contributed by atoms with Gasteiger partial charge in [-0.3, -0.25) is 4.79 Å². The zero-order valence-corrected chi connectivity index (χ0v) is 11.8. The van der Waals surface area contributed by atoms with Gasteiger partial charge in [-0.2, -0.15) is 0 Å². The molecule has 0 aromatic heterocycles. The van der Waals surface area contributed by atoms with Crippen molar-refractivity contribution in [2.45, 2.75) is 38.6 Å². The zero-order valence-electron chi connectivity index (χ0n) is 11.8. The minimum atomic E-state index is -1.04. The van der Waals surface area contributed by atoms with Crippen LogP contribution in [0.15, 0.2) is 0 Å². The summed E-state index contributed by atoms with van der Waals surface area (Å²) in [6.45, 7) is 2.71. The predicted molar refractivity (Wildman–Crippen MR) is 71.3 cm³/mol. The van der Waals surface area contributed by atoms with Crippen molar-refractivity contribution in [1.82, 2.24) is 10.6 Å². The van der Waals surface area contributed by atoms with Gasteiger partial charge in [0.2, 0.25) is 0 Å². The molecule has 2 atom stereocenters. The Hall–Kier alpha value is -1.30. The number of rotatable bonds is 5. The summed E-state index contributed by atoms with van der Waals surface area (Å²) in [4.78, 5) is 23.2. The summed E-state index contributed by atoms with van der Waals surface area (Å²) in [5.41, 5.74) is -0.690. The van der Waals surface area contributed by atoms with Crippen LogP contribution < -0.4 is 10.6 Å². The lowest BCUT2D eigenvalue weighted by Gasteiger charge is -2.26. The normalized spacial score (nSPS) is 34.5. The summed E-state index contributed by atoms with van der Waals surface area (Å²) in [5, 5.41) is 14.9. The van der Waals surface area contributed by atoms with Crippen LogP contribution in [0.4, 0.5) is 4.79 Å². The Balaban J connectivity index is 1.50. The molecule has 3 fully saturated rings. The molecule has 2 saturated carbocycles. The molecule has 2 unspecified atom stereocenters. The molecule has 0 aromatic carbocycles. The summed E-state index contributed by atoms with van der Waals surface area (Å²) < 4.78 is 5.22. The van der Waals surface area contributed by atoms with Gasteiger partial charge >= 0.3 is 12.0 Å². The van der Waals surface area contributed by atoms with Crippen molar-refractivity contribution in [1.29, 1.82) is 0 Å². The summed E-state index contributed by atoms with van der Waals surface area (Å²) in [6, 6.07) is -0.754. The second kappa shape index (κ2) is 4.62.